The summed E-state index contributed by atoms with van der Waals surface area (Å²) in [6, 6.07) is 7.79. The van der Waals surface area contributed by atoms with Crippen LogP contribution in [0.5, 0.6) is 0 Å². The molecule has 0 bridgehead atoms. The molecule has 0 aromatic heterocycles. The first-order valence-electron chi connectivity index (χ1n) is 11.5. The van der Waals surface area contributed by atoms with Gasteiger partial charge in [-0.1, -0.05) is 24.0 Å². The minimum Gasteiger partial charge on any atom is -0.301 e. The average molecular weight is 423 g/mol. The van der Waals surface area contributed by atoms with E-state index in [1.54, 1.807) is 12.1 Å². The van der Waals surface area contributed by atoms with Crippen LogP contribution in [0.4, 0.5) is 0 Å². The molecule has 2 unspecified atom stereocenters. The Hall–Kier alpha value is -1.23. The van der Waals surface area contributed by atoms with Crippen molar-refractivity contribution < 1.29 is 9.59 Å². The maximum Gasteiger partial charge on any atom is 0.261 e. The summed E-state index contributed by atoms with van der Waals surface area (Å²) >= 11 is 2.89. The summed E-state index contributed by atoms with van der Waals surface area (Å²) in [6.45, 7) is 6.46. The molecular weight excluding hydrogens is 391 g/mol. The summed E-state index contributed by atoms with van der Waals surface area (Å²) in [4.78, 5) is 34.6. The largest absolute Gasteiger partial charge is 0.301 e. The highest BCUT2D eigenvalue weighted by molar-refractivity contribution is 6.21. The second kappa shape index (κ2) is 8.72. The number of imide groups is 1. The lowest BCUT2D eigenvalue weighted by Crippen LogP contribution is -2.59. The Morgan fingerprint density at radius 3 is 2.33 bits per heavy atom. The van der Waals surface area contributed by atoms with E-state index in [-0.39, 0.29) is 11.8 Å². The lowest BCUT2D eigenvalue weighted by atomic mass is 10.0. The van der Waals surface area contributed by atoms with Gasteiger partial charge in [0, 0.05) is 45.3 Å². The first-order valence-corrected chi connectivity index (χ1v) is 12.3. The fourth-order valence-corrected chi connectivity index (χ4v) is 5.84. The molecule has 2 atom stereocenters. The van der Waals surface area contributed by atoms with Gasteiger partial charge in [0.15, 0.2) is 0 Å². The molecule has 2 radical (unpaired) electrons. The molecule has 0 N–H and O–H groups in total. The quantitative estimate of drug-likeness (QED) is 0.362. The minimum atomic E-state index is -0.124. The van der Waals surface area contributed by atoms with Crippen molar-refractivity contribution in [3.8, 4) is 0 Å². The van der Waals surface area contributed by atoms with E-state index in [1.165, 1.54) is 37.4 Å². The van der Waals surface area contributed by atoms with E-state index in [2.05, 4.69) is 31.0 Å². The fraction of sp³-hybridized carbons (Fsp3) is 0.652. The van der Waals surface area contributed by atoms with Gasteiger partial charge in [0.2, 0.25) is 0 Å². The number of amides is 2. The predicted molar refractivity (Wildman–Crippen MR) is 116 cm³/mol. The molecule has 5 rings (SSSR count). The normalized spacial score (nSPS) is 27.7. The zero-order chi connectivity index (χ0) is 20.7. The molecule has 1 aromatic rings. The van der Waals surface area contributed by atoms with Crippen LogP contribution >= 0.6 is 0 Å². The number of rotatable bonds is 8. The second-order valence-corrected chi connectivity index (χ2v) is 9.69. The number of carbonyl (C=O) groups excluding carboxylic acids is 2. The van der Waals surface area contributed by atoms with Crippen LogP contribution in [0.25, 0.3) is 0 Å². The van der Waals surface area contributed by atoms with Crippen molar-refractivity contribution in [3.63, 3.8) is 0 Å². The maximum atomic E-state index is 12.6. The Balaban J connectivity index is 1.15. The van der Waals surface area contributed by atoms with Gasteiger partial charge in [-0.15, -0.1) is 0 Å². The van der Waals surface area contributed by atoms with Gasteiger partial charge in [-0.05, 0) is 43.7 Å². The van der Waals surface area contributed by atoms with Crippen molar-refractivity contribution in [1.82, 2.24) is 19.6 Å². The smallest absolute Gasteiger partial charge is 0.261 e. The minimum absolute atomic E-state index is 0.124. The van der Waals surface area contributed by atoms with E-state index >= 15 is 0 Å². The van der Waals surface area contributed by atoms with Crippen molar-refractivity contribution >= 4 is 28.1 Å². The van der Waals surface area contributed by atoms with Crippen molar-refractivity contribution in [1.29, 1.82) is 0 Å². The van der Waals surface area contributed by atoms with E-state index in [4.69, 9.17) is 0 Å². The Morgan fingerprint density at radius 2 is 1.67 bits per heavy atom. The molecule has 7 heteroatoms. The highest BCUT2D eigenvalue weighted by atomic mass is 27.0. The standard InChI is InChI=1S/C23H31N4O2.Al/c1-24-12-13-25-15-18(26(16-21(24)25)14-17-9-10-17)6-4-5-11-27-22(28)19-7-2-3-8-20(19)23(27)29;/h2-3,7-8,17-18,21H,1,4-6,9-16H2;. The van der Waals surface area contributed by atoms with Gasteiger partial charge < -0.3 is 4.90 Å². The third-order valence-corrected chi connectivity index (χ3v) is 7.82. The fourth-order valence-electron chi connectivity index (χ4n) is 5.41. The molecule has 30 heavy (non-hydrogen) atoms. The zero-order valence-electron chi connectivity index (χ0n) is 17.7. The Labute approximate surface area is 187 Å². The van der Waals surface area contributed by atoms with Gasteiger partial charge in [0.25, 0.3) is 11.8 Å². The van der Waals surface area contributed by atoms with Crippen LogP contribution in [0.15, 0.2) is 24.3 Å². The number of piperazine rings is 1. The van der Waals surface area contributed by atoms with Gasteiger partial charge in [0.05, 0.1) is 17.3 Å². The highest BCUT2D eigenvalue weighted by Crippen LogP contribution is 2.33. The molecule has 3 aliphatic heterocycles. The molecule has 1 saturated carbocycles. The lowest BCUT2D eigenvalue weighted by molar-refractivity contribution is 0.00250. The first kappa shape index (κ1) is 20.7. The van der Waals surface area contributed by atoms with Crippen LogP contribution in [0.2, 0.25) is 0 Å². The molecule has 1 aromatic carbocycles. The summed E-state index contributed by atoms with van der Waals surface area (Å²) in [5, 5.41) is 1.06. The number of hydrogen-bond acceptors (Lipinski definition) is 5. The number of carbonyl (C=O) groups is 2. The van der Waals surface area contributed by atoms with Gasteiger partial charge in [0.1, 0.15) is 16.3 Å². The van der Waals surface area contributed by atoms with Crippen molar-refractivity contribution in [2.45, 2.75) is 44.3 Å². The molecule has 3 heterocycles. The Morgan fingerprint density at radius 1 is 0.933 bits per heavy atom. The van der Waals surface area contributed by atoms with Crippen LogP contribution in [-0.4, -0.2) is 105 Å². The number of benzene rings is 1. The molecule has 158 valence electrons. The molecule has 4 aliphatic rings. The second-order valence-electron chi connectivity index (χ2n) is 9.32. The molecule has 6 nitrogen and oxygen atoms in total. The van der Waals surface area contributed by atoms with E-state index in [0.717, 1.165) is 43.7 Å². The molecule has 2 saturated heterocycles. The molecule has 0 spiro atoms. The highest BCUT2D eigenvalue weighted by Gasteiger charge is 2.41. The molecule has 3 fully saturated rings. The van der Waals surface area contributed by atoms with E-state index in [1.807, 2.05) is 12.1 Å². The van der Waals surface area contributed by atoms with E-state index in [0.29, 0.717) is 29.9 Å². The average Bonchev–Trinajstić information content (AvgIpc) is 3.44. The SMILES string of the molecule is O=C1c2ccccc2C(=O)N1CCCCC1CN2CCN([CH2][Al])C2CN1CC1CC1. The number of unbranched alkanes of at least 4 members (excludes halogenated alkanes) is 1. The molecule has 1 aliphatic carbocycles. The van der Waals surface area contributed by atoms with Gasteiger partial charge in [-0.2, -0.15) is 0 Å². The molecular formula is C23H31AlN4O2. The van der Waals surface area contributed by atoms with Gasteiger partial charge in [-0.3, -0.25) is 24.3 Å². The number of hydrogen-bond donors (Lipinski definition) is 0. The Kier molecular flexibility index (Phi) is 6.01. The number of nitrogens with zero attached hydrogens (tertiary/aromatic N) is 4. The van der Waals surface area contributed by atoms with Crippen molar-refractivity contribution in [2.75, 3.05) is 44.7 Å². The van der Waals surface area contributed by atoms with Crippen molar-refractivity contribution in [2.24, 2.45) is 5.92 Å². The summed E-state index contributed by atoms with van der Waals surface area (Å²) in [7, 11) is 0. The number of fused-ring (bicyclic) bond motifs is 2. The lowest BCUT2D eigenvalue weighted by Gasteiger charge is -2.45. The third-order valence-electron chi connectivity index (χ3n) is 7.35. The predicted octanol–water partition coefficient (Wildman–Crippen LogP) is 1.62. The van der Waals surface area contributed by atoms with Crippen molar-refractivity contribution in [3.05, 3.63) is 35.4 Å². The monoisotopic (exact) mass is 422 g/mol. The summed E-state index contributed by atoms with van der Waals surface area (Å²) in [5.74, 6) is 0.658. The van der Waals surface area contributed by atoms with Gasteiger partial charge >= 0.3 is 0 Å². The summed E-state index contributed by atoms with van der Waals surface area (Å²) < 4.78 is 0. The van der Waals surface area contributed by atoms with Crippen LogP contribution < -0.4 is 0 Å². The maximum absolute atomic E-state index is 12.6. The zero-order valence-corrected chi connectivity index (χ0v) is 18.9. The van der Waals surface area contributed by atoms with Crippen LogP contribution in [0.1, 0.15) is 52.8 Å². The van der Waals surface area contributed by atoms with Gasteiger partial charge in [-0.25, -0.2) is 0 Å². The van der Waals surface area contributed by atoms with Crippen LogP contribution in [0.3, 0.4) is 0 Å². The molecule has 2 amide bonds. The van der Waals surface area contributed by atoms with E-state index < -0.39 is 0 Å². The summed E-state index contributed by atoms with van der Waals surface area (Å²) in [5.41, 5.74) is 1.12. The Bertz CT molecular complexity index is 779. The van der Waals surface area contributed by atoms with Crippen LogP contribution in [-0.2, 0) is 0 Å². The van der Waals surface area contributed by atoms with Crippen LogP contribution in [0, 0.1) is 5.92 Å². The first-order chi connectivity index (χ1) is 14.7. The topological polar surface area (TPSA) is 47.1 Å². The third kappa shape index (κ3) is 3.99. The van der Waals surface area contributed by atoms with E-state index in [9.17, 15) is 9.59 Å². The summed E-state index contributed by atoms with van der Waals surface area (Å²) in [6.07, 6.45) is 6.47.